The van der Waals surface area contributed by atoms with Crippen LogP contribution in [0.3, 0.4) is 0 Å². The summed E-state index contributed by atoms with van der Waals surface area (Å²) in [6.45, 7) is 4.05. The molecule has 0 bridgehead atoms. The molecule has 1 amide bonds. The molecule has 7 nitrogen and oxygen atoms in total. The summed E-state index contributed by atoms with van der Waals surface area (Å²) in [5.41, 5.74) is 3.52. The number of pyridine rings is 1. The van der Waals surface area contributed by atoms with E-state index in [0.29, 0.717) is 12.4 Å². The number of fused-ring (bicyclic) bond motifs is 3. The van der Waals surface area contributed by atoms with Crippen LogP contribution in [-0.4, -0.2) is 40.0 Å². The molecule has 158 valence electrons. The third kappa shape index (κ3) is 3.67. The zero-order valence-corrected chi connectivity index (χ0v) is 17.5. The molecule has 5 rings (SSSR count). The van der Waals surface area contributed by atoms with Gasteiger partial charge in [0.1, 0.15) is 5.75 Å². The third-order valence-electron chi connectivity index (χ3n) is 5.83. The van der Waals surface area contributed by atoms with E-state index in [9.17, 15) is 4.79 Å². The van der Waals surface area contributed by atoms with Crippen molar-refractivity contribution in [1.82, 2.24) is 14.4 Å². The van der Waals surface area contributed by atoms with Gasteiger partial charge in [-0.15, -0.1) is 0 Å². The Hall–Kier alpha value is -3.61. The summed E-state index contributed by atoms with van der Waals surface area (Å²) in [6, 6.07) is 15.6. The maximum absolute atomic E-state index is 12.9. The number of hydrogen-bond donors (Lipinski definition) is 1. The number of benzene rings is 1. The molecule has 0 saturated carbocycles. The average Bonchev–Trinajstić information content (AvgIpc) is 3.30. The molecule has 1 saturated heterocycles. The Kier molecular flexibility index (Phi) is 5.16. The highest BCUT2D eigenvalue weighted by Gasteiger charge is 2.27. The molecule has 4 heterocycles. The van der Waals surface area contributed by atoms with Crippen molar-refractivity contribution < 1.29 is 9.53 Å². The number of para-hydroxylation sites is 2. The maximum atomic E-state index is 12.9. The van der Waals surface area contributed by atoms with Gasteiger partial charge >= 0.3 is 0 Å². The van der Waals surface area contributed by atoms with E-state index < -0.39 is 0 Å². The Morgan fingerprint density at radius 2 is 1.90 bits per heavy atom. The van der Waals surface area contributed by atoms with Crippen molar-refractivity contribution in [2.24, 2.45) is 5.92 Å². The van der Waals surface area contributed by atoms with E-state index in [4.69, 9.17) is 9.72 Å². The summed E-state index contributed by atoms with van der Waals surface area (Å²) in [5.74, 6) is 1.65. The Labute approximate surface area is 180 Å². The van der Waals surface area contributed by atoms with Gasteiger partial charge in [-0.3, -0.25) is 4.79 Å². The van der Waals surface area contributed by atoms with Crippen molar-refractivity contribution in [3.05, 3.63) is 60.9 Å². The summed E-state index contributed by atoms with van der Waals surface area (Å²) >= 11 is 0. The zero-order chi connectivity index (χ0) is 21.2. The predicted molar refractivity (Wildman–Crippen MR) is 122 cm³/mol. The summed E-state index contributed by atoms with van der Waals surface area (Å²) in [4.78, 5) is 24.5. The van der Waals surface area contributed by atoms with Gasteiger partial charge in [0.15, 0.2) is 11.5 Å². The number of aromatic nitrogens is 3. The molecule has 7 heteroatoms. The van der Waals surface area contributed by atoms with Gasteiger partial charge in [-0.2, -0.15) is 0 Å². The second kappa shape index (κ2) is 8.26. The fourth-order valence-corrected chi connectivity index (χ4v) is 4.27. The fourth-order valence-electron chi connectivity index (χ4n) is 4.27. The highest BCUT2D eigenvalue weighted by molar-refractivity contribution is 5.94. The van der Waals surface area contributed by atoms with Crippen LogP contribution in [0.2, 0.25) is 0 Å². The van der Waals surface area contributed by atoms with Crippen LogP contribution < -0.4 is 15.0 Å². The first-order chi connectivity index (χ1) is 15.2. The van der Waals surface area contributed by atoms with E-state index in [0.717, 1.165) is 54.1 Å². The minimum atomic E-state index is -0.0349. The molecule has 0 atom stereocenters. The van der Waals surface area contributed by atoms with Crippen molar-refractivity contribution in [2.75, 3.05) is 29.9 Å². The average molecular weight is 415 g/mol. The minimum absolute atomic E-state index is 0.0349. The Balaban J connectivity index is 1.32. The molecule has 0 radical (unpaired) electrons. The van der Waals surface area contributed by atoms with Crippen LogP contribution in [-0.2, 0) is 4.79 Å². The third-order valence-corrected chi connectivity index (χ3v) is 5.83. The fraction of sp³-hybridized carbons (Fsp3) is 0.292. The quantitative estimate of drug-likeness (QED) is 0.531. The lowest BCUT2D eigenvalue weighted by Gasteiger charge is -2.32. The van der Waals surface area contributed by atoms with Crippen LogP contribution in [0.1, 0.15) is 19.8 Å². The minimum Gasteiger partial charge on any atom is -0.492 e. The van der Waals surface area contributed by atoms with Crippen molar-refractivity contribution in [1.29, 1.82) is 0 Å². The first-order valence-corrected chi connectivity index (χ1v) is 10.7. The predicted octanol–water partition coefficient (Wildman–Crippen LogP) is 4.14. The SMILES string of the molecule is CCOc1ccccc1NC(=O)C1CCN(c2nc3ncccc3n3cccc23)CC1. The van der Waals surface area contributed by atoms with Crippen LogP contribution >= 0.6 is 0 Å². The number of hydrogen-bond acceptors (Lipinski definition) is 5. The molecule has 1 fully saturated rings. The number of amides is 1. The number of rotatable bonds is 5. The van der Waals surface area contributed by atoms with Gasteiger partial charge in [0, 0.05) is 31.4 Å². The molecule has 0 unspecified atom stereocenters. The molecular formula is C24H25N5O2. The number of anilines is 2. The van der Waals surface area contributed by atoms with E-state index in [1.165, 1.54) is 0 Å². The van der Waals surface area contributed by atoms with Gasteiger partial charge in [-0.1, -0.05) is 12.1 Å². The summed E-state index contributed by atoms with van der Waals surface area (Å²) in [5, 5.41) is 3.06. The molecule has 4 aromatic rings. The van der Waals surface area contributed by atoms with Crippen molar-refractivity contribution in [3.8, 4) is 5.75 Å². The maximum Gasteiger partial charge on any atom is 0.227 e. The van der Waals surface area contributed by atoms with E-state index in [2.05, 4.69) is 25.7 Å². The lowest BCUT2D eigenvalue weighted by atomic mass is 9.95. The first-order valence-electron chi connectivity index (χ1n) is 10.7. The summed E-state index contributed by atoms with van der Waals surface area (Å²) in [6.07, 6.45) is 5.36. The van der Waals surface area contributed by atoms with E-state index in [1.54, 1.807) is 6.20 Å². The molecule has 1 aromatic carbocycles. The van der Waals surface area contributed by atoms with Gasteiger partial charge in [0.2, 0.25) is 5.91 Å². The highest BCUT2D eigenvalue weighted by Crippen LogP contribution is 2.30. The second-order valence-electron chi connectivity index (χ2n) is 7.72. The lowest BCUT2D eigenvalue weighted by molar-refractivity contribution is -0.120. The van der Waals surface area contributed by atoms with Gasteiger partial charge in [0.25, 0.3) is 0 Å². The summed E-state index contributed by atoms with van der Waals surface area (Å²) in [7, 11) is 0. The number of nitrogens with one attached hydrogen (secondary N) is 1. The number of nitrogens with zero attached hydrogens (tertiary/aromatic N) is 4. The second-order valence-corrected chi connectivity index (χ2v) is 7.72. The Bertz CT molecular complexity index is 1230. The lowest BCUT2D eigenvalue weighted by Crippen LogP contribution is -2.38. The monoisotopic (exact) mass is 415 g/mol. The van der Waals surface area contributed by atoms with Crippen LogP contribution in [0.15, 0.2) is 60.9 Å². The molecule has 0 aliphatic carbocycles. The molecule has 1 N–H and O–H groups in total. The number of ether oxygens (including phenoxy) is 1. The van der Waals surface area contributed by atoms with Crippen molar-refractivity contribution in [2.45, 2.75) is 19.8 Å². The Morgan fingerprint density at radius 3 is 2.74 bits per heavy atom. The van der Waals surface area contributed by atoms with Crippen LogP contribution in [0.4, 0.5) is 11.5 Å². The molecular weight excluding hydrogens is 390 g/mol. The van der Waals surface area contributed by atoms with E-state index in [1.807, 2.05) is 55.6 Å². The molecule has 31 heavy (non-hydrogen) atoms. The molecule has 1 aliphatic heterocycles. The van der Waals surface area contributed by atoms with Gasteiger partial charge in [-0.05, 0) is 56.2 Å². The normalized spacial score (nSPS) is 14.8. The zero-order valence-electron chi connectivity index (χ0n) is 17.5. The van der Waals surface area contributed by atoms with Gasteiger partial charge in [0.05, 0.1) is 23.3 Å². The van der Waals surface area contributed by atoms with E-state index in [-0.39, 0.29) is 11.8 Å². The van der Waals surface area contributed by atoms with E-state index >= 15 is 0 Å². The number of carbonyl (C=O) groups is 1. The van der Waals surface area contributed by atoms with Crippen molar-refractivity contribution >= 4 is 34.1 Å². The van der Waals surface area contributed by atoms with Gasteiger partial charge in [-0.25, -0.2) is 9.97 Å². The Morgan fingerprint density at radius 1 is 1.10 bits per heavy atom. The smallest absolute Gasteiger partial charge is 0.227 e. The standard InChI is InChI=1S/C24H25N5O2/c1-2-31-21-10-4-3-7-18(21)26-24(30)17-11-15-28(16-12-17)23-20-9-6-14-29(20)19-8-5-13-25-22(19)27-23/h3-10,13-14,17H,2,11-12,15-16H2,1H3,(H,26,30). The topological polar surface area (TPSA) is 71.8 Å². The number of carbonyl (C=O) groups excluding carboxylic acids is 1. The van der Waals surface area contributed by atoms with Crippen molar-refractivity contribution in [3.63, 3.8) is 0 Å². The first kappa shape index (κ1) is 19.4. The van der Waals surface area contributed by atoms with Crippen LogP contribution in [0.25, 0.3) is 16.7 Å². The van der Waals surface area contributed by atoms with Gasteiger partial charge < -0.3 is 19.4 Å². The largest absolute Gasteiger partial charge is 0.492 e. The molecule has 3 aromatic heterocycles. The number of piperidine rings is 1. The highest BCUT2D eigenvalue weighted by atomic mass is 16.5. The van der Waals surface area contributed by atoms with Crippen LogP contribution in [0.5, 0.6) is 5.75 Å². The molecule has 0 spiro atoms. The summed E-state index contributed by atoms with van der Waals surface area (Å²) < 4.78 is 7.76. The molecule has 1 aliphatic rings. The van der Waals surface area contributed by atoms with Crippen LogP contribution in [0, 0.1) is 5.92 Å².